The second-order valence-electron chi connectivity index (χ2n) is 8.98. The molecule has 5 rings (SSSR count). The van der Waals surface area contributed by atoms with E-state index in [1.807, 2.05) is 44.2 Å². The summed E-state index contributed by atoms with van der Waals surface area (Å²) in [6.07, 6.45) is 0.925. The summed E-state index contributed by atoms with van der Waals surface area (Å²) in [5.41, 5.74) is 6.39. The van der Waals surface area contributed by atoms with Crippen LogP contribution in [0.4, 0.5) is 9.18 Å². The van der Waals surface area contributed by atoms with Crippen LogP contribution >= 0.6 is 0 Å². The molecule has 1 aliphatic heterocycles. The fourth-order valence-electron chi connectivity index (χ4n) is 4.49. The Morgan fingerprint density at radius 3 is 2.44 bits per heavy atom. The van der Waals surface area contributed by atoms with Crippen LogP contribution in [-0.2, 0) is 13.0 Å². The van der Waals surface area contributed by atoms with Crippen LogP contribution in [0, 0.1) is 12.7 Å². The molecule has 6 nitrogen and oxygen atoms in total. The van der Waals surface area contributed by atoms with Crippen molar-refractivity contribution in [1.82, 2.24) is 20.4 Å². The molecule has 2 heterocycles. The molecular weight excluding hydrogens is 455 g/mol. The highest BCUT2D eigenvalue weighted by Crippen LogP contribution is 2.38. The minimum absolute atomic E-state index is 0.194. The van der Waals surface area contributed by atoms with Gasteiger partial charge in [-0.1, -0.05) is 66.2 Å². The van der Waals surface area contributed by atoms with E-state index in [-0.39, 0.29) is 11.8 Å². The molecule has 1 aliphatic rings. The molecule has 0 fully saturated rings. The van der Waals surface area contributed by atoms with Gasteiger partial charge in [0.05, 0.1) is 18.2 Å². The van der Waals surface area contributed by atoms with Gasteiger partial charge in [0.15, 0.2) is 0 Å². The quantitative estimate of drug-likeness (QED) is 0.343. The highest BCUT2D eigenvalue weighted by Gasteiger charge is 2.35. The van der Waals surface area contributed by atoms with Crippen LogP contribution < -0.4 is 5.32 Å². The molecule has 1 unspecified atom stereocenters. The highest BCUT2D eigenvalue weighted by molar-refractivity contribution is 5.86. The SMILES string of the molecule is CCc1ccc(C2NC(=O)N(Cc3cccc(C)c3)C(C)=C2c2nc(-c3ccc(F)cc3)no2)cc1. The first-order chi connectivity index (χ1) is 17.4. The van der Waals surface area contributed by atoms with Gasteiger partial charge in [0.2, 0.25) is 5.82 Å². The van der Waals surface area contributed by atoms with Crippen molar-refractivity contribution in [2.45, 2.75) is 39.8 Å². The Bertz CT molecular complexity index is 1420. The number of urea groups is 1. The summed E-state index contributed by atoms with van der Waals surface area (Å²) in [6.45, 7) is 6.44. The zero-order valence-corrected chi connectivity index (χ0v) is 20.5. The predicted octanol–water partition coefficient (Wildman–Crippen LogP) is 6.44. The van der Waals surface area contributed by atoms with Gasteiger partial charge < -0.3 is 9.84 Å². The number of rotatable bonds is 6. The van der Waals surface area contributed by atoms with Gasteiger partial charge in [0, 0.05) is 11.3 Å². The number of halogens is 1. The van der Waals surface area contributed by atoms with Gasteiger partial charge >= 0.3 is 6.03 Å². The van der Waals surface area contributed by atoms with Crippen LogP contribution in [0.2, 0.25) is 0 Å². The third-order valence-electron chi connectivity index (χ3n) is 6.50. The summed E-state index contributed by atoms with van der Waals surface area (Å²) in [4.78, 5) is 19.7. The number of hydrogen-bond donors (Lipinski definition) is 1. The summed E-state index contributed by atoms with van der Waals surface area (Å²) in [6, 6.07) is 21.5. The molecule has 4 aromatic rings. The first kappa shape index (κ1) is 23.5. The van der Waals surface area contributed by atoms with Crippen molar-refractivity contribution >= 4 is 11.6 Å². The smallest absolute Gasteiger partial charge is 0.322 e. The lowest BCUT2D eigenvalue weighted by molar-refractivity contribution is 0.203. The first-order valence-corrected chi connectivity index (χ1v) is 12.0. The van der Waals surface area contributed by atoms with Crippen molar-refractivity contribution in [3.05, 3.63) is 112 Å². The van der Waals surface area contributed by atoms with Crippen LogP contribution in [0.3, 0.4) is 0 Å². The molecule has 3 aromatic carbocycles. The van der Waals surface area contributed by atoms with Crippen molar-refractivity contribution in [1.29, 1.82) is 0 Å². The Labute approximate surface area is 209 Å². The average Bonchev–Trinajstić information content (AvgIpc) is 3.36. The second kappa shape index (κ2) is 9.77. The zero-order valence-electron chi connectivity index (χ0n) is 20.5. The van der Waals surface area contributed by atoms with E-state index in [0.717, 1.165) is 34.4 Å². The van der Waals surface area contributed by atoms with E-state index in [0.29, 0.717) is 23.8 Å². The molecule has 2 amide bonds. The third-order valence-corrected chi connectivity index (χ3v) is 6.50. The molecule has 0 bridgehead atoms. The monoisotopic (exact) mass is 482 g/mol. The van der Waals surface area contributed by atoms with Gasteiger partial charge in [-0.05, 0) is 61.2 Å². The normalized spacial score (nSPS) is 15.8. The van der Waals surface area contributed by atoms with Crippen LogP contribution in [-0.4, -0.2) is 21.1 Å². The Morgan fingerprint density at radius 2 is 1.75 bits per heavy atom. The predicted molar refractivity (Wildman–Crippen MR) is 136 cm³/mol. The molecule has 1 atom stereocenters. The Balaban J connectivity index is 1.59. The summed E-state index contributed by atoms with van der Waals surface area (Å²) in [5, 5.41) is 7.29. The number of nitrogens with one attached hydrogen (secondary N) is 1. The van der Waals surface area contributed by atoms with Gasteiger partial charge in [-0.3, -0.25) is 4.90 Å². The largest absolute Gasteiger partial charge is 0.334 e. The van der Waals surface area contributed by atoms with E-state index in [1.54, 1.807) is 17.0 Å². The van der Waals surface area contributed by atoms with E-state index in [4.69, 9.17) is 4.52 Å². The molecule has 0 radical (unpaired) electrons. The number of hydrogen-bond acceptors (Lipinski definition) is 4. The maximum absolute atomic E-state index is 13.4. The first-order valence-electron chi connectivity index (χ1n) is 12.0. The maximum atomic E-state index is 13.4. The topological polar surface area (TPSA) is 71.3 Å². The number of aromatic nitrogens is 2. The summed E-state index contributed by atoms with van der Waals surface area (Å²) >= 11 is 0. The minimum atomic E-state index is -0.460. The third kappa shape index (κ3) is 4.64. The Morgan fingerprint density at radius 1 is 1.00 bits per heavy atom. The van der Waals surface area contributed by atoms with Gasteiger partial charge in [0.25, 0.3) is 5.89 Å². The van der Waals surface area contributed by atoms with Gasteiger partial charge in [0.1, 0.15) is 5.82 Å². The van der Waals surface area contributed by atoms with Crippen molar-refractivity contribution < 1.29 is 13.7 Å². The molecule has 1 aromatic heterocycles. The molecule has 7 heteroatoms. The highest BCUT2D eigenvalue weighted by atomic mass is 19.1. The van der Waals surface area contributed by atoms with Crippen molar-refractivity contribution in [2.24, 2.45) is 0 Å². The lowest BCUT2D eigenvalue weighted by Gasteiger charge is -2.35. The number of aryl methyl sites for hydroxylation is 2. The molecular formula is C29H27FN4O2. The molecule has 0 saturated carbocycles. The molecule has 0 aliphatic carbocycles. The van der Waals surface area contributed by atoms with Crippen molar-refractivity contribution in [3.8, 4) is 11.4 Å². The minimum Gasteiger partial charge on any atom is -0.334 e. The van der Waals surface area contributed by atoms with Gasteiger partial charge in [-0.2, -0.15) is 4.98 Å². The average molecular weight is 483 g/mol. The standard InChI is InChI=1S/C29H27FN4O2/c1-4-20-8-10-22(11-9-20)26-25(28-32-27(33-36-28)23-12-14-24(30)15-13-23)19(3)34(29(35)31-26)17-21-7-5-6-18(2)16-21/h5-16,26H,4,17H2,1-3H3,(H,31,35). The lowest BCUT2D eigenvalue weighted by Crippen LogP contribution is -2.45. The van der Waals surface area contributed by atoms with Crippen molar-refractivity contribution in [2.75, 3.05) is 0 Å². The van der Waals surface area contributed by atoms with E-state index in [1.165, 1.54) is 17.7 Å². The van der Waals surface area contributed by atoms with Crippen LogP contribution in [0.25, 0.3) is 17.0 Å². The maximum Gasteiger partial charge on any atom is 0.322 e. The van der Waals surface area contributed by atoms with Crippen LogP contribution in [0.1, 0.15) is 48.0 Å². The van der Waals surface area contributed by atoms with E-state index in [2.05, 4.69) is 40.6 Å². The Hall–Kier alpha value is -4.26. The van der Waals surface area contributed by atoms with Gasteiger partial charge in [-0.15, -0.1) is 0 Å². The number of benzene rings is 3. The fraction of sp³-hybridized carbons (Fsp3) is 0.207. The van der Waals surface area contributed by atoms with Crippen LogP contribution in [0.15, 0.2) is 83.0 Å². The Kier molecular flexibility index (Phi) is 6.38. The summed E-state index contributed by atoms with van der Waals surface area (Å²) < 4.78 is 19.1. The van der Waals surface area contributed by atoms with Crippen LogP contribution in [0.5, 0.6) is 0 Å². The lowest BCUT2D eigenvalue weighted by atomic mass is 9.93. The molecule has 1 N–H and O–H groups in total. The fourth-order valence-corrected chi connectivity index (χ4v) is 4.49. The zero-order chi connectivity index (χ0) is 25.2. The van der Waals surface area contributed by atoms with Crippen molar-refractivity contribution in [3.63, 3.8) is 0 Å². The second-order valence-corrected chi connectivity index (χ2v) is 8.98. The number of carbonyl (C=O) groups is 1. The number of nitrogens with zero attached hydrogens (tertiary/aromatic N) is 3. The summed E-state index contributed by atoms with van der Waals surface area (Å²) in [7, 11) is 0. The van der Waals surface area contributed by atoms with E-state index in [9.17, 15) is 9.18 Å². The molecule has 182 valence electrons. The molecule has 36 heavy (non-hydrogen) atoms. The number of allylic oxidation sites excluding steroid dienone is 1. The molecule has 0 spiro atoms. The molecule has 0 saturated heterocycles. The summed E-state index contributed by atoms with van der Waals surface area (Å²) in [5.74, 6) is 0.330. The number of amides is 2. The van der Waals surface area contributed by atoms with Gasteiger partial charge in [-0.25, -0.2) is 9.18 Å². The van der Waals surface area contributed by atoms with E-state index < -0.39 is 6.04 Å². The number of carbonyl (C=O) groups excluding carboxylic acids is 1. The van der Waals surface area contributed by atoms with E-state index >= 15 is 0 Å².